The highest BCUT2D eigenvalue weighted by Crippen LogP contribution is 2.48. The van der Waals surface area contributed by atoms with Crippen molar-refractivity contribution in [1.82, 2.24) is 0 Å². The van der Waals surface area contributed by atoms with Crippen LogP contribution in [0, 0.1) is 0 Å². The molecule has 1 aliphatic rings. The van der Waals surface area contributed by atoms with Crippen molar-refractivity contribution in [2.75, 3.05) is 0 Å². The maximum atomic E-state index is 10.6. The van der Waals surface area contributed by atoms with E-state index in [0.717, 1.165) is 28.7 Å². The molecule has 0 amide bonds. The number of hydrogen-bond donors (Lipinski definition) is 4. The molecule has 0 unspecified atom stereocenters. The third-order valence-corrected chi connectivity index (χ3v) is 6.87. The Kier molecular flexibility index (Phi) is 8.32. The average molecular weight is 539 g/mol. The van der Waals surface area contributed by atoms with Gasteiger partial charge in [0.15, 0.2) is 0 Å². The van der Waals surface area contributed by atoms with Crippen LogP contribution in [0.25, 0.3) is 33.4 Å². The van der Waals surface area contributed by atoms with Crippen molar-refractivity contribution in [2.24, 2.45) is 0 Å². The zero-order chi connectivity index (χ0) is 28.6. The molecule has 0 atom stereocenters. The molecule has 4 heteroatoms. The minimum atomic E-state index is 0.240. The Balaban J connectivity index is 0.000000197. The van der Waals surface area contributed by atoms with Gasteiger partial charge in [0, 0.05) is 11.1 Å². The third-order valence-electron chi connectivity index (χ3n) is 6.87. The molecule has 0 aromatic heterocycles. The minimum absolute atomic E-state index is 0.240. The number of para-hydroxylation sites is 4. The maximum Gasteiger partial charge on any atom is 0.123 e. The molecule has 0 fully saturated rings. The van der Waals surface area contributed by atoms with Crippen LogP contribution in [0.1, 0.15) is 11.1 Å². The van der Waals surface area contributed by atoms with Crippen molar-refractivity contribution in [3.63, 3.8) is 0 Å². The fraction of sp³-hybridized carbons (Fsp3) is 0.0270. The summed E-state index contributed by atoms with van der Waals surface area (Å²) in [7, 11) is 0. The van der Waals surface area contributed by atoms with E-state index in [1.165, 1.54) is 22.3 Å². The van der Waals surface area contributed by atoms with Crippen molar-refractivity contribution >= 4 is 0 Å². The van der Waals surface area contributed by atoms with E-state index in [9.17, 15) is 10.2 Å². The SMILES string of the molecule is Oc1ccccc1.Oc1ccccc1.Oc1ccccc1-c1ccc2c(c1-c1ccccc1O)Cc1ccccc1-2. The van der Waals surface area contributed by atoms with Crippen LogP contribution in [0.2, 0.25) is 0 Å². The molecule has 0 spiro atoms. The Bertz CT molecular complexity index is 1710. The van der Waals surface area contributed by atoms with E-state index in [1.807, 2.05) is 48.5 Å². The summed E-state index contributed by atoms with van der Waals surface area (Å²) in [4.78, 5) is 0. The highest BCUT2D eigenvalue weighted by atomic mass is 16.3. The highest BCUT2D eigenvalue weighted by molar-refractivity contribution is 5.96. The van der Waals surface area contributed by atoms with E-state index in [0.29, 0.717) is 11.5 Å². The van der Waals surface area contributed by atoms with Crippen LogP contribution in [0.5, 0.6) is 23.0 Å². The van der Waals surface area contributed by atoms with Crippen LogP contribution in [0.3, 0.4) is 0 Å². The second-order valence-corrected chi connectivity index (χ2v) is 9.55. The lowest BCUT2D eigenvalue weighted by molar-refractivity contribution is 0.475. The molecular formula is C37H30O4. The van der Waals surface area contributed by atoms with E-state index in [2.05, 4.69) is 36.4 Å². The van der Waals surface area contributed by atoms with Crippen molar-refractivity contribution in [3.8, 4) is 56.4 Å². The molecular weight excluding hydrogens is 508 g/mol. The molecule has 7 rings (SSSR count). The standard InChI is InChI=1S/C25H18O2.2C6H6O/c26-23-11-5-3-9-19(23)20-14-13-18-17-8-2-1-7-16(17)15-22(18)25(20)21-10-4-6-12-24(21)27;2*7-6-4-2-1-3-5-6/h1-14,26-27H,15H2;2*1-5,7H. The van der Waals surface area contributed by atoms with Crippen molar-refractivity contribution < 1.29 is 20.4 Å². The van der Waals surface area contributed by atoms with Gasteiger partial charge in [-0.1, -0.05) is 109 Å². The average Bonchev–Trinajstić information content (AvgIpc) is 3.38. The first kappa shape index (κ1) is 27.1. The van der Waals surface area contributed by atoms with Crippen LogP contribution in [0.15, 0.2) is 146 Å². The molecule has 0 heterocycles. The van der Waals surface area contributed by atoms with Crippen molar-refractivity contribution in [1.29, 1.82) is 0 Å². The number of benzene rings is 6. The molecule has 0 aliphatic heterocycles. The predicted octanol–water partition coefficient (Wildman–Crippen LogP) is 8.79. The number of phenolic OH excluding ortho intramolecular Hbond substituents is 4. The summed E-state index contributed by atoms with van der Waals surface area (Å²) in [6.07, 6.45) is 0.816. The maximum absolute atomic E-state index is 10.6. The normalized spacial score (nSPS) is 10.7. The van der Waals surface area contributed by atoms with Gasteiger partial charge in [-0.05, 0) is 76.2 Å². The lowest BCUT2D eigenvalue weighted by Crippen LogP contribution is -1.93. The van der Waals surface area contributed by atoms with E-state index in [1.54, 1.807) is 60.7 Å². The van der Waals surface area contributed by atoms with Gasteiger partial charge in [0.1, 0.15) is 23.0 Å². The summed E-state index contributed by atoms with van der Waals surface area (Å²) >= 11 is 0. The second kappa shape index (κ2) is 12.6. The molecule has 202 valence electrons. The Labute approximate surface area is 239 Å². The minimum Gasteiger partial charge on any atom is -0.508 e. The van der Waals surface area contributed by atoms with Gasteiger partial charge in [-0.2, -0.15) is 0 Å². The lowest BCUT2D eigenvalue weighted by atomic mass is 9.87. The van der Waals surface area contributed by atoms with Gasteiger partial charge >= 0.3 is 0 Å². The Hall–Kier alpha value is -5.48. The van der Waals surface area contributed by atoms with Gasteiger partial charge in [-0.25, -0.2) is 0 Å². The number of rotatable bonds is 2. The van der Waals surface area contributed by atoms with Crippen LogP contribution in [0.4, 0.5) is 0 Å². The quantitative estimate of drug-likeness (QED) is 0.177. The fourth-order valence-corrected chi connectivity index (χ4v) is 4.99. The van der Waals surface area contributed by atoms with E-state index >= 15 is 0 Å². The summed E-state index contributed by atoms with van der Waals surface area (Å²) in [6, 6.07) is 44.8. The molecule has 6 aromatic carbocycles. The van der Waals surface area contributed by atoms with E-state index in [4.69, 9.17) is 10.2 Å². The van der Waals surface area contributed by atoms with E-state index in [-0.39, 0.29) is 11.5 Å². The van der Waals surface area contributed by atoms with Crippen LogP contribution >= 0.6 is 0 Å². The number of aromatic hydroxyl groups is 4. The van der Waals surface area contributed by atoms with Gasteiger partial charge in [0.05, 0.1) is 0 Å². The number of hydrogen-bond acceptors (Lipinski definition) is 4. The number of fused-ring (bicyclic) bond motifs is 3. The van der Waals surface area contributed by atoms with Gasteiger partial charge in [0.25, 0.3) is 0 Å². The molecule has 1 aliphatic carbocycles. The Morgan fingerprint density at radius 2 is 0.780 bits per heavy atom. The Morgan fingerprint density at radius 3 is 1.29 bits per heavy atom. The Morgan fingerprint density at radius 1 is 0.341 bits per heavy atom. The zero-order valence-corrected chi connectivity index (χ0v) is 22.4. The van der Waals surface area contributed by atoms with E-state index < -0.39 is 0 Å². The van der Waals surface area contributed by atoms with Crippen LogP contribution < -0.4 is 0 Å². The monoisotopic (exact) mass is 538 g/mol. The van der Waals surface area contributed by atoms with Gasteiger partial charge in [-0.15, -0.1) is 0 Å². The molecule has 4 nitrogen and oxygen atoms in total. The first-order valence-electron chi connectivity index (χ1n) is 13.3. The molecule has 4 N–H and O–H groups in total. The van der Waals surface area contributed by atoms with Crippen LogP contribution in [-0.2, 0) is 6.42 Å². The summed E-state index contributed by atoms with van der Waals surface area (Å²) in [6.45, 7) is 0. The van der Waals surface area contributed by atoms with Gasteiger partial charge in [0.2, 0.25) is 0 Å². The van der Waals surface area contributed by atoms with Crippen molar-refractivity contribution in [3.05, 3.63) is 157 Å². The molecule has 6 aromatic rings. The summed E-state index contributed by atoms with van der Waals surface area (Å²) in [5.74, 6) is 1.13. The molecule has 0 bridgehead atoms. The first-order valence-corrected chi connectivity index (χ1v) is 13.3. The van der Waals surface area contributed by atoms with Gasteiger partial charge < -0.3 is 20.4 Å². The topological polar surface area (TPSA) is 80.9 Å². The lowest BCUT2D eigenvalue weighted by Gasteiger charge is -2.17. The highest BCUT2D eigenvalue weighted by Gasteiger charge is 2.25. The van der Waals surface area contributed by atoms with Gasteiger partial charge in [-0.3, -0.25) is 0 Å². The summed E-state index contributed by atoms with van der Waals surface area (Å²) in [5.41, 5.74) is 8.41. The first-order chi connectivity index (χ1) is 20.0. The largest absolute Gasteiger partial charge is 0.508 e. The second-order valence-electron chi connectivity index (χ2n) is 9.55. The van der Waals surface area contributed by atoms with Crippen molar-refractivity contribution in [2.45, 2.75) is 6.42 Å². The zero-order valence-electron chi connectivity index (χ0n) is 22.4. The van der Waals surface area contributed by atoms with Crippen LogP contribution in [-0.4, -0.2) is 20.4 Å². The fourth-order valence-electron chi connectivity index (χ4n) is 4.99. The smallest absolute Gasteiger partial charge is 0.123 e. The summed E-state index contributed by atoms with van der Waals surface area (Å²) in [5, 5.41) is 38.3. The molecule has 0 saturated carbocycles. The number of phenols is 4. The molecule has 0 saturated heterocycles. The summed E-state index contributed by atoms with van der Waals surface area (Å²) < 4.78 is 0. The molecule has 0 radical (unpaired) electrons. The molecule has 41 heavy (non-hydrogen) atoms. The predicted molar refractivity (Wildman–Crippen MR) is 165 cm³/mol. The third kappa shape index (κ3) is 6.23.